The summed E-state index contributed by atoms with van der Waals surface area (Å²) in [4.78, 5) is 40.9. The molecule has 0 saturated heterocycles. The van der Waals surface area contributed by atoms with Gasteiger partial charge in [-0.15, -0.1) is 0 Å². The summed E-state index contributed by atoms with van der Waals surface area (Å²) in [5, 5.41) is 2.66. The zero-order valence-electron chi connectivity index (χ0n) is 20.8. The molecule has 9 heteroatoms. The van der Waals surface area contributed by atoms with Crippen LogP contribution in [0, 0.1) is 6.92 Å². The Kier molecular flexibility index (Phi) is 7.73. The van der Waals surface area contributed by atoms with Crippen molar-refractivity contribution in [3.05, 3.63) is 101 Å². The summed E-state index contributed by atoms with van der Waals surface area (Å²) in [5.74, 6) is -1.41. The van der Waals surface area contributed by atoms with Crippen LogP contribution < -0.4 is 5.32 Å². The van der Waals surface area contributed by atoms with Crippen LogP contribution in [0.3, 0.4) is 0 Å². The van der Waals surface area contributed by atoms with Crippen molar-refractivity contribution in [2.24, 2.45) is 0 Å². The number of amides is 3. The average Bonchev–Trinajstić information content (AvgIpc) is 3.10. The van der Waals surface area contributed by atoms with Gasteiger partial charge in [0.15, 0.2) is 0 Å². The molecule has 37 heavy (non-hydrogen) atoms. The van der Waals surface area contributed by atoms with Gasteiger partial charge in [-0.3, -0.25) is 14.4 Å². The van der Waals surface area contributed by atoms with E-state index in [0.29, 0.717) is 0 Å². The molecule has 1 N–H and O–H groups in total. The van der Waals surface area contributed by atoms with Crippen LogP contribution in [0.4, 0.5) is 0 Å². The first-order chi connectivity index (χ1) is 17.7. The maximum Gasteiger partial charge on any atom is 0.269 e. The van der Waals surface area contributed by atoms with Gasteiger partial charge in [-0.2, -0.15) is 0 Å². The van der Waals surface area contributed by atoms with Gasteiger partial charge < -0.3 is 10.2 Å². The largest absolute Gasteiger partial charge is 0.357 e. The molecular weight excluding hydrogens is 490 g/mol. The van der Waals surface area contributed by atoms with E-state index in [0.717, 1.165) is 21.0 Å². The molecule has 3 aromatic rings. The van der Waals surface area contributed by atoms with E-state index < -0.39 is 27.9 Å². The molecule has 1 aliphatic rings. The smallest absolute Gasteiger partial charge is 0.269 e. The molecule has 0 spiro atoms. The first-order valence-corrected chi connectivity index (χ1v) is 13.4. The Balaban J connectivity index is 1.62. The molecule has 1 atom stereocenters. The Morgan fingerprint density at radius 2 is 1.59 bits per heavy atom. The van der Waals surface area contributed by atoms with Crippen molar-refractivity contribution in [1.29, 1.82) is 0 Å². The number of nitrogens with one attached hydrogen (secondary N) is 1. The zero-order valence-corrected chi connectivity index (χ0v) is 21.6. The molecule has 3 amide bonds. The summed E-state index contributed by atoms with van der Waals surface area (Å²) in [6.45, 7) is 1.78. The van der Waals surface area contributed by atoms with Gasteiger partial charge in [-0.1, -0.05) is 66.7 Å². The van der Waals surface area contributed by atoms with Crippen molar-refractivity contribution in [1.82, 2.24) is 14.5 Å². The first kappa shape index (κ1) is 26.1. The number of hydrogen-bond donors (Lipinski definition) is 1. The SMILES string of the molecule is CNC(=O)[C@H](Cc1ccccc1)N(Cc1ccccc1C)C(=O)CCN1C(=O)c2ccccc2S1(=O)=O. The van der Waals surface area contributed by atoms with E-state index in [9.17, 15) is 22.8 Å². The van der Waals surface area contributed by atoms with Crippen LogP contribution in [0.5, 0.6) is 0 Å². The highest BCUT2D eigenvalue weighted by Crippen LogP contribution is 2.30. The molecule has 0 aliphatic carbocycles. The fraction of sp³-hybridized carbons (Fsp3) is 0.250. The normalized spacial score (nSPS) is 14.6. The molecule has 192 valence electrons. The summed E-state index contributed by atoms with van der Waals surface area (Å²) in [7, 11) is -2.52. The molecule has 3 aromatic carbocycles. The molecule has 1 aliphatic heterocycles. The number of benzene rings is 3. The third kappa shape index (κ3) is 5.41. The Bertz CT molecular complexity index is 1420. The zero-order chi connectivity index (χ0) is 26.6. The molecule has 0 radical (unpaired) electrons. The number of fused-ring (bicyclic) bond motifs is 1. The molecule has 0 saturated carbocycles. The Labute approximate surface area is 217 Å². The number of hydrogen-bond acceptors (Lipinski definition) is 5. The molecule has 1 heterocycles. The number of nitrogens with zero attached hydrogens (tertiary/aromatic N) is 2. The second kappa shape index (κ2) is 11.0. The summed E-state index contributed by atoms with van der Waals surface area (Å²) < 4.78 is 26.7. The lowest BCUT2D eigenvalue weighted by Crippen LogP contribution is -2.50. The molecule has 0 aromatic heterocycles. The minimum atomic E-state index is -4.04. The topological polar surface area (TPSA) is 104 Å². The lowest BCUT2D eigenvalue weighted by Gasteiger charge is -2.32. The second-order valence-corrected chi connectivity index (χ2v) is 10.7. The van der Waals surface area contributed by atoms with E-state index in [2.05, 4.69) is 5.32 Å². The van der Waals surface area contributed by atoms with Crippen molar-refractivity contribution in [3.63, 3.8) is 0 Å². The van der Waals surface area contributed by atoms with Gasteiger partial charge >= 0.3 is 0 Å². The van der Waals surface area contributed by atoms with Crippen LogP contribution in [0.1, 0.15) is 33.5 Å². The molecule has 0 fully saturated rings. The Hall–Kier alpha value is -3.98. The maximum absolute atomic E-state index is 13.7. The van der Waals surface area contributed by atoms with E-state index in [-0.39, 0.29) is 42.3 Å². The quantitative estimate of drug-likeness (QED) is 0.468. The number of carbonyl (C=O) groups is 3. The number of aryl methyl sites for hydroxylation is 1. The van der Waals surface area contributed by atoms with E-state index in [1.807, 2.05) is 61.5 Å². The average molecular weight is 520 g/mol. The predicted molar refractivity (Wildman–Crippen MR) is 139 cm³/mol. The summed E-state index contributed by atoms with van der Waals surface area (Å²) >= 11 is 0. The highest BCUT2D eigenvalue weighted by atomic mass is 32.2. The van der Waals surface area contributed by atoms with Gasteiger partial charge in [-0.25, -0.2) is 12.7 Å². The Morgan fingerprint density at radius 1 is 0.946 bits per heavy atom. The number of rotatable bonds is 9. The minimum absolute atomic E-state index is 0.0588. The first-order valence-electron chi connectivity index (χ1n) is 12.0. The standard InChI is InChI=1S/C28H29N3O5S/c1-20-10-6-7-13-22(20)19-30(24(27(33)29-2)18-21-11-4-3-5-12-21)26(32)16-17-31-28(34)23-14-8-9-15-25(23)37(31,35)36/h3-15,24H,16-19H2,1-2H3,(H,29,33)/t24-/m0/s1. The summed E-state index contributed by atoms with van der Waals surface area (Å²) in [6, 6.07) is 22.1. The van der Waals surface area contributed by atoms with E-state index in [4.69, 9.17) is 0 Å². The fourth-order valence-electron chi connectivity index (χ4n) is 4.48. The third-order valence-electron chi connectivity index (χ3n) is 6.56. The fourth-order valence-corrected chi connectivity index (χ4v) is 6.05. The van der Waals surface area contributed by atoms with E-state index in [1.165, 1.54) is 24.1 Å². The predicted octanol–water partition coefficient (Wildman–Crippen LogP) is 2.92. The molecule has 0 unspecified atom stereocenters. The van der Waals surface area contributed by atoms with Crippen LogP contribution in [0.25, 0.3) is 0 Å². The van der Waals surface area contributed by atoms with Crippen molar-refractivity contribution >= 4 is 27.7 Å². The number of carbonyl (C=O) groups excluding carboxylic acids is 3. The van der Waals surface area contributed by atoms with E-state index in [1.54, 1.807) is 12.1 Å². The monoisotopic (exact) mass is 519 g/mol. The van der Waals surface area contributed by atoms with Crippen LogP contribution in [-0.4, -0.2) is 55.0 Å². The second-order valence-electron chi connectivity index (χ2n) is 8.90. The van der Waals surface area contributed by atoms with Gasteiger partial charge in [0.2, 0.25) is 11.8 Å². The van der Waals surface area contributed by atoms with Crippen molar-refractivity contribution in [3.8, 4) is 0 Å². The summed E-state index contributed by atoms with van der Waals surface area (Å²) in [6.07, 6.45) is 0.0254. The van der Waals surface area contributed by atoms with Gasteiger partial charge in [0, 0.05) is 33.0 Å². The minimum Gasteiger partial charge on any atom is -0.357 e. The molecular formula is C28H29N3O5S. The van der Waals surface area contributed by atoms with Crippen LogP contribution >= 0.6 is 0 Å². The van der Waals surface area contributed by atoms with Gasteiger partial charge in [-0.05, 0) is 35.7 Å². The number of sulfonamides is 1. The van der Waals surface area contributed by atoms with Gasteiger partial charge in [0.25, 0.3) is 15.9 Å². The van der Waals surface area contributed by atoms with Gasteiger partial charge in [0.05, 0.1) is 5.56 Å². The molecule has 0 bridgehead atoms. The molecule has 4 rings (SSSR count). The van der Waals surface area contributed by atoms with E-state index >= 15 is 0 Å². The van der Waals surface area contributed by atoms with Crippen LogP contribution in [-0.2, 0) is 32.6 Å². The lowest BCUT2D eigenvalue weighted by molar-refractivity contribution is -0.141. The molecule has 8 nitrogen and oxygen atoms in total. The summed E-state index contributed by atoms with van der Waals surface area (Å²) in [5.41, 5.74) is 2.81. The van der Waals surface area contributed by atoms with Crippen LogP contribution in [0.2, 0.25) is 0 Å². The highest BCUT2D eigenvalue weighted by Gasteiger charge is 2.41. The van der Waals surface area contributed by atoms with Crippen molar-refractivity contribution in [2.45, 2.75) is 37.2 Å². The van der Waals surface area contributed by atoms with Crippen molar-refractivity contribution in [2.75, 3.05) is 13.6 Å². The van der Waals surface area contributed by atoms with Crippen LogP contribution in [0.15, 0.2) is 83.8 Å². The third-order valence-corrected chi connectivity index (χ3v) is 8.40. The van der Waals surface area contributed by atoms with Gasteiger partial charge in [0.1, 0.15) is 10.9 Å². The van der Waals surface area contributed by atoms with Crippen molar-refractivity contribution < 1.29 is 22.8 Å². The maximum atomic E-state index is 13.7. The number of likely N-dealkylation sites (N-methyl/N-ethyl adjacent to an activating group) is 1. The Morgan fingerprint density at radius 3 is 2.27 bits per heavy atom. The lowest BCUT2D eigenvalue weighted by atomic mass is 10.0. The highest BCUT2D eigenvalue weighted by molar-refractivity contribution is 7.90.